The molecule has 0 aliphatic carbocycles. The topological polar surface area (TPSA) is 58.7 Å². The maximum absolute atomic E-state index is 13.0. The average Bonchev–Trinajstić information content (AvgIpc) is 2.56. The number of thiophene rings is 1. The second-order valence-corrected chi connectivity index (χ2v) is 5.11. The highest BCUT2D eigenvalue weighted by molar-refractivity contribution is 7.10. The molecule has 1 amide bonds. The van der Waals surface area contributed by atoms with E-state index in [0.29, 0.717) is 16.2 Å². The lowest BCUT2D eigenvalue weighted by Gasteiger charge is -2.32. The van der Waals surface area contributed by atoms with Crippen molar-refractivity contribution in [2.75, 3.05) is 7.05 Å². The van der Waals surface area contributed by atoms with Gasteiger partial charge in [0.15, 0.2) is 11.8 Å². The summed E-state index contributed by atoms with van der Waals surface area (Å²) in [6.07, 6.45) is 0.0452. The molecule has 0 unspecified atom stereocenters. The normalized spacial score (nSPS) is 25.1. The van der Waals surface area contributed by atoms with Gasteiger partial charge in [-0.15, -0.1) is 11.3 Å². The van der Waals surface area contributed by atoms with Crippen LogP contribution in [0.15, 0.2) is 11.1 Å². The lowest BCUT2D eigenvalue weighted by Crippen LogP contribution is -2.47. The Balaban J connectivity index is 2.47. The standard InChI is InChI=1S/C10H11F2N3OS/c1-10(6-3-5(11)8(12)17-6)4-7(16)15(2)9(13)14-10/h3H,4H2,1-2H3,(H2,13,14)/t10-/m0/s1. The molecule has 2 N–H and O–H groups in total. The molecule has 0 saturated carbocycles. The molecule has 2 rings (SSSR count). The number of rotatable bonds is 1. The third kappa shape index (κ3) is 1.90. The zero-order chi connectivity index (χ0) is 12.8. The highest BCUT2D eigenvalue weighted by Gasteiger charge is 2.38. The average molecular weight is 259 g/mol. The van der Waals surface area contributed by atoms with E-state index in [9.17, 15) is 13.6 Å². The van der Waals surface area contributed by atoms with Gasteiger partial charge in [0.25, 0.3) is 0 Å². The number of carbonyl (C=O) groups excluding carboxylic acids is 1. The maximum atomic E-state index is 13.0. The van der Waals surface area contributed by atoms with E-state index in [0.717, 1.165) is 6.07 Å². The number of nitrogens with zero attached hydrogens (tertiary/aromatic N) is 2. The van der Waals surface area contributed by atoms with E-state index in [2.05, 4.69) is 4.99 Å². The molecule has 2 heterocycles. The molecule has 1 aliphatic heterocycles. The van der Waals surface area contributed by atoms with Crippen LogP contribution in [0.2, 0.25) is 0 Å². The summed E-state index contributed by atoms with van der Waals surface area (Å²) >= 11 is 0.650. The second-order valence-electron chi connectivity index (χ2n) is 4.11. The molecule has 4 nitrogen and oxygen atoms in total. The fraction of sp³-hybridized carbons (Fsp3) is 0.400. The van der Waals surface area contributed by atoms with Crippen molar-refractivity contribution in [3.63, 3.8) is 0 Å². The number of carbonyl (C=O) groups is 1. The van der Waals surface area contributed by atoms with Crippen LogP contribution < -0.4 is 5.73 Å². The molecule has 0 saturated heterocycles. The van der Waals surface area contributed by atoms with Gasteiger partial charge in [-0.05, 0) is 13.0 Å². The number of hydrogen-bond acceptors (Lipinski definition) is 4. The largest absolute Gasteiger partial charge is 0.369 e. The Morgan fingerprint density at radius 1 is 1.59 bits per heavy atom. The van der Waals surface area contributed by atoms with Crippen molar-refractivity contribution in [2.45, 2.75) is 18.9 Å². The third-order valence-electron chi connectivity index (χ3n) is 2.75. The molecular weight excluding hydrogens is 248 g/mol. The third-order valence-corrected chi connectivity index (χ3v) is 3.90. The molecule has 1 aromatic rings. The number of aliphatic imine (C=N–C) groups is 1. The Bertz CT molecular complexity index is 494. The van der Waals surface area contributed by atoms with E-state index in [1.54, 1.807) is 6.92 Å². The van der Waals surface area contributed by atoms with Crippen molar-refractivity contribution in [3.8, 4) is 0 Å². The van der Waals surface area contributed by atoms with E-state index in [4.69, 9.17) is 5.73 Å². The van der Waals surface area contributed by atoms with Gasteiger partial charge < -0.3 is 5.73 Å². The Hall–Kier alpha value is -1.50. The number of amides is 1. The lowest BCUT2D eigenvalue weighted by molar-refractivity contribution is -0.128. The smallest absolute Gasteiger partial charge is 0.231 e. The van der Waals surface area contributed by atoms with Crippen LogP contribution in [0.4, 0.5) is 8.78 Å². The molecule has 0 radical (unpaired) electrons. The molecule has 1 aliphatic rings. The SMILES string of the molecule is CN1C(=O)C[C@@](C)(c2cc(F)c(F)s2)N=C1N. The lowest BCUT2D eigenvalue weighted by atomic mass is 9.94. The summed E-state index contributed by atoms with van der Waals surface area (Å²) in [5, 5.41) is -0.902. The first-order valence-electron chi connectivity index (χ1n) is 4.91. The van der Waals surface area contributed by atoms with Crippen molar-refractivity contribution >= 4 is 23.2 Å². The van der Waals surface area contributed by atoms with Gasteiger partial charge in [0, 0.05) is 11.9 Å². The summed E-state index contributed by atoms with van der Waals surface area (Å²) in [5.74, 6) is -1.10. The van der Waals surface area contributed by atoms with E-state index >= 15 is 0 Å². The van der Waals surface area contributed by atoms with Gasteiger partial charge in [-0.3, -0.25) is 9.69 Å². The van der Waals surface area contributed by atoms with Crippen LogP contribution in [-0.2, 0) is 10.3 Å². The number of guanidine groups is 1. The van der Waals surface area contributed by atoms with Gasteiger partial charge in [-0.2, -0.15) is 4.39 Å². The number of hydrogen-bond donors (Lipinski definition) is 1. The van der Waals surface area contributed by atoms with E-state index in [-0.39, 0.29) is 18.3 Å². The Morgan fingerprint density at radius 3 is 2.71 bits per heavy atom. The predicted octanol–water partition coefficient (Wildman–Crippen LogP) is 1.42. The van der Waals surface area contributed by atoms with Gasteiger partial charge in [0.1, 0.15) is 5.54 Å². The van der Waals surface area contributed by atoms with E-state index in [1.165, 1.54) is 11.9 Å². The molecular formula is C10H11F2N3OS. The maximum Gasteiger partial charge on any atom is 0.231 e. The van der Waals surface area contributed by atoms with E-state index < -0.39 is 16.5 Å². The summed E-state index contributed by atoms with van der Waals surface area (Å²) in [6, 6.07) is 1.06. The Kier molecular flexibility index (Phi) is 2.65. The quantitative estimate of drug-likeness (QED) is 0.829. The minimum Gasteiger partial charge on any atom is -0.369 e. The molecule has 0 fully saturated rings. The highest BCUT2D eigenvalue weighted by atomic mass is 32.1. The molecule has 0 spiro atoms. The monoisotopic (exact) mass is 259 g/mol. The first kappa shape index (κ1) is 12.0. The fourth-order valence-corrected chi connectivity index (χ4v) is 2.51. The van der Waals surface area contributed by atoms with Crippen LogP contribution in [0.1, 0.15) is 18.2 Å². The number of nitrogens with two attached hydrogens (primary N) is 1. The molecule has 0 bridgehead atoms. The molecule has 0 aromatic carbocycles. The Morgan fingerprint density at radius 2 is 2.24 bits per heavy atom. The summed E-state index contributed by atoms with van der Waals surface area (Å²) in [6.45, 7) is 1.63. The fourth-order valence-electron chi connectivity index (χ4n) is 1.66. The zero-order valence-electron chi connectivity index (χ0n) is 9.33. The molecule has 1 aromatic heterocycles. The highest BCUT2D eigenvalue weighted by Crippen LogP contribution is 2.37. The summed E-state index contributed by atoms with van der Waals surface area (Å²) in [7, 11) is 1.51. The van der Waals surface area contributed by atoms with Crippen LogP contribution in [0.25, 0.3) is 0 Å². The van der Waals surface area contributed by atoms with Gasteiger partial charge in [0.2, 0.25) is 11.0 Å². The van der Waals surface area contributed by atoms with Crippen molar-refractivity contribution in [1.29, 1.82) is 0 Å². The van der Waals surface area contributed by atoms with Gasteiger partial charge >= 0.3 is 0 Å². The minimum atomic E-state index is -0.983. The van der Waals surface area contributed by atoms with Crippen LogP contribution >= 0.6 is 11.3 Å². The minimum absolute atomic E-state index is 0.0452. The second kappa shape index (κ2) is 3.76. The van der Waals surface area contributed by atoms with Crippen LogP contribution in [0, 0.1) is 10.9 Å². The van der Waals surface area contributed by atoms with Crippen molar-refractivity contribution < 1.29 is 13.6 Å². The molecule has 17 heavy (non-hydrogen) atoms. The molecule has 1 atom stereocenters. The van der Waals surface area contributed by atoms with Crippen LogP contribution in [0.3, 0.4) is 0 Å². The molecule has 92 valence electrons. The predicted molar refractivity (Wildman–Crippen MR) is 60.6 cm³/mol. The van der Waals surface area contributed by atoms with Crippen molar-refractivity contribution in [3.05, 3.63) is 21.9 Å². The summed E-state index contributed by atoms with van der Waals surface area (Å²) < 4.78 is 26.0. The van der Waals surface area contributed by atoms with Gasteiger partial charge in [-0.25, -0.2) is 9.38 Å². The van der Waals surface area contributed by atoms with E-state index in [1.807, 2.05) is 0 Å². The first-order chi connectivity index (χ1) is 7.83. The van der Waals surface area contributed by atoms with Crippen molar-refractivity contribution in [1.82, 2.24) is 4.90 Å². The van der Waals surface area contributed by atoms with Crippen molar-refractivity contribution in [2.24, 2.45) is 10.7 Å². The summed E-state index contributed by atoms with van der Waals surface area (Å²) in [5.41, 5.74) is 4.62. The molecule has 7 heteroatoms. The van der Waals surface area contributed by atoms with Gasteiger partial charge in [-0.1, -0.05) is 0 Å². The van der Waals surface area contributed by atoms with Crippen LogP contribution in [0.5, 0.6) is 0 Å². The Labute approximate surface area is 101 Å². The summed E-state index contributed by atoms with van der Waals surface area (Å²) in [4.78, 5) is 17.4. The first-order valence-corrected chi connectivity index (χ1v) is 5.72. The number of halogens is 2. The zero-order valence-corrected chi connectivity index (χ0v) is 10.1. The van der Waals surface area contributed by atoms with Crippen LogP contribution in [-0.4, -0.2) is 23.8 Å². The van der Waals surface area contributed by atoms with Gasteiger partial charge in [0.05, 0.1) is 6.42 Å².